The minimum Gasteiger partial charge on any atom is -0.342 e. The van der Waals surface area contributed by atoms with E-state index in [1.165, 1.54) is 0 Å². The molecule has 0 N–H and O–H groups in total. The molecule has 0 radical (unpaired) electrons. The molecule has 0 saturated carbocycles. The van der Waals surface area contributed by atoms with Crippen molar-refractivity contribution < 1.29 is 9.59 Å². The molecule has 0 aliphatic carbocycles. The van der Waals surface area contributed by atoms with Crippen molar-refractivity contribution in [3.05, 3.63) is 0 Å². The molecule has 6 nitrogen and oxygen atoms in total. The van der Waals surface area contributed by atoms with E-state index in [1.807, 2.05) is 12.1 Å². The molecule has 114 valence electrons. The number of carbonyl (C=O) groups excluding carboxylic acids is 2. The normalized spacial score (nSPS) is 17.4. The Morgan fingerprint density at radius 3 is 2.48 bits per heavy atom. The van der Waals surface area contributed by atoms with Crippen molar-refractivity contribution in [2.75, 3.05) is 26.2 Å². The second-order valence-electron chi connectivity index (χ2n) is 5.24. The quantitative estimate of drug-likeness (QED) is 0.674. The minimum atomic E-state index is -0.327. The molecule has 1 saturated heterocycles. The summed E-state index contributed by atoms with van der Waals surface area (Å²) < 4.78 is 0. The molecule has 21 heavy (non-hydrogen) atoms. The van der Waals surface area contributed by atoms with Gasteiger partial charge in [-0.15, -0.1) is 0 Å². The standard InChI is InChI=1S/C15H22N4O2/c1-2-3-8-19-12-13(11-14(19)20)15(21)18(9-4-6-16)10-5-7-17/h13H,2-5,8-12H2,1H3/t13-/m0/s1. The van der Waals surface area contributed by atoms with Gasteiger partial charge in [0.25, 0.3) is 0 Å². The second kappa shape index (κ2) is 8.97. The summed E-state index contributed by atoms with van der Waals surface area (Å²) in [7, 11) is 0. The summed E-state index contributed by atoms with van der Waals surface area (Å²) in [5.74, 6) is -0.401. The average Bonchev–Trinajstić information content (AvgIpc) is 2.86. The number of rotatable bonds is 8. The topological polar surface area (TPSA) is 88.2 Å². The lowest BCUT2D eigenvalue weighted by molar-refractivity contribution is -0.135. The van der Waals surface area contributed by atoms with Gasteiger partial charge in [0.15, 0.2) is 0 Å². The lowest BCUT2D eigenvalue weighted by Gasteiger charge is -2.24. The SMILES string of the molecule is CCCCN1C[C@@H](C(=O)N(CCC#N)CCC#N)CC1=O. The molecule has 0 aromatic rings. The van der Waals surface area contributed by atoms with Gasteiger partial charge in [0.05, 0.1) is 30.9 Å². The zero-order valence-electron chi connectivity index (χ0n) is 12.5. The van der Waals surface area contributed by atoms with Crippen molar-refractivity contribution in [1.82, 2.24) is 9.80 Å². The Kier molecular flexibility index (Phi) is 7.25. The third-order valence-corrected chi connectivity index (χ3v) is 3.64. The molecule has 0 spiro atoms. The fourth-order valence-corrected chi connectivity index (χ4v) is 2.46. The summed E-state index contributed by atoms with van der Waals surface area (Å²) in [6.45, 7) is 3.89. The van der Waals surface area contributed by atoms with Crippen LogP contribution in [0.15, 0.2) is 0 Å². The monoisotopic (exact) mass is 290 g/mol. The van der Waals surface area contributed by atoms with Gasteiger partial charge in [-0.1, -0.05) is 13.3 Å². The van der Waals surface area contributed by atoms with Gasteiger partial charge in [0, 0.05) is 32.6 Å². The predicted octanol–water partition coefficient (Wildman–Crippen LogP) is 1.29. The van der Waals surface area contributed by atoms with Crippen LogP contribution in [0.1, 0.15) is 39.0 Å². The summed E-state index contributed by atoms with van der Waals surface area (Å²) in [5, 5.41) is 17.3. The lowest BCUT2D eigenvalue weighted by atomic mass is 10.1. The Hall–Kier alpha value is -2.08. The predicted molar refractivity (Wildman–Crippen MR) is 76.6 cm³/mol. The number of nitriles is 2. The zero-order valence-corrected chi connectivity index (χ0v) is 12.5. The Balaban J connectivity index is 2.60. The smallest absolute Gasteiger partial charge is 0.228 e. The zero-order chi connectivity index (χ0) is 15.7. The first kappa shape index (κ1) is 17.0. The number of hydrogen-bond acceptors (Lipinski definition) is 4. The highest BCUT2D eigenvalue weighted by Crippen LogP contribution is 2.21. The largest absolute Gasteiger partial charge is 0.342 e. The van der Waals surface area contributed by atoms with E-state index in [1.54, 1.807) is 9.80 Å². The number of carbonyl (C=O) groups is 2. The molecule has 1 aliphatic rings. The van der Waals surface area contributed by atoms with Crippen molar-refractivity contribution in [3.63, 3.8) is 0 Å². The Morgan fingerprint density at radius 2 is 1.95 bits per heavy atom. The van der Waals surface area contributed by atoms with Gasteiger partial charge >= 0.3 is 0 Å². The van der Waals surface area contributed by atoms with Crippen LogP contribution in [0.4, 0.5) is 0 Å². The minimum absolute atomic E-state index is 0.0299. The molecule has 1 fully saturated rings. The first-order chi connectivity index (χ1) is 10.1. The molecule has 1 rings (SSSR count). The lowest BCUT2D eigenvalue weighted by Crippen LogP contribution is -2.38. The van der Waals surface area contributed by atoms with Gasteiger partial charge in [0.1, 0.15) is 0 Å². The maximum Gasteiger partial charge on any atom is 0.228 e. The number of amides is 2. The highest BCUT2D eigenvalue weighted by Gasteiger charge is 2.35. The van der Waals surface area contributed by atoms with E-state index in [2.05, 4.69) is 6.92 Å². The van der Waals surface area contributed by atoms with E-state index in [-0.39, 0.29) is 37.0 Å². The van der Waals surface area contributed by atoms with E-state index in [9.17, 15) is 9.59 Å². The van der Waals surface area contributed by atoms with Crippen molar-refractivity contribution in [2.24, 2.45) is 5.92 Å². The van der Waals surface area contributed by atoms with Gasteiger partial charge in [-0.05, 0) is 6.42 Å². The van der Waals surface area contributed by atoms with E-state index in [0.717, 1.165) is 12.8 Å². The van der Waals surface area contributed by atoms with Gasteiger partial charge in [-0.25, -0.2) is 0 Å². The molecule has 0 aromatic heterocycles. The summed E-state index contributed by atoms with van der Waals surface area (Å²) in [6, 6.07) is 4.02. The number of likely N-dealkylation sites (tertiary alicyclic amines) is 1. The molecule has 1 atom stereocenters. The van der Waals surface area contributed by atoms with Crippen LogP contribution in [-0.4, -0.2) is 47.8 Å². The third-order valence-electron chi connectivity index (χ3n) is 3.64. The highest BCUT2D eigenvalue weighted by atomic mass is 16.2. The van der Waals surface area contributed by atoms with Crippen LogP contribution in [0.2, 0.25) is 0 Å². The molecule has 1 aliphatic heterocycles. The fraction of sp³-hybridized carbons (Fsp3) is 0.733. The van der Waals surface area contributed by atoms with Crippen LogP contribution in [0.3, 0.4) is 0 Å². The summed E-state index contributed by atoms with van der Waals surface area (Å²) in [6.07, 6.45) is 2.70. The third kappa shape index (κ3) is 5.07. The van der Waals surface area contributed by atoms with Crippen LogP contribution in [-0.2, 0) is 9.59 Å². The van der Waals surface area contributed by atoms with Crippen molar-refractivity contribution in [3.8, 4) is 12.1 Å². The molecular formula is C15H22N4O2. The molecule has 2 amide bonds. The van der Waals surface area contributed by atoms with Gasteiger partial charge in [0.2, 0.25) is 11.8 Å². The maximum atomic E-state index is 12.5. The van der Waals surface area contributed by atoms with Crippen LogP contribution in [0.25, 0.3) is 0 Å². The molecule has 0 aromatic carbocycles. The Labute approximate surface area is 125 Å². The van der Waals surface area contributed by atoms with Crippen LogP contribution >= 0.6 is 0 Å². The Morgan fingerprint density at radius 1 is 1.33 bits per heavy atom. The van der Waals surface area contributed by atoms with Crippen molar-refractivity contribution >= 4 is 11.8 Å². The number of unbranched alkanes of at least 4 members (excludes halogenated alkanes) is 1. The van der Waals surface area contributed by atoms with Crippen LogP contribution in [0.5, 0.6) is 0 Å². The van der Waals surface area contributed by atoms with E-state index in [0.29, 0.717) is 26.2 Å². The molecular weight excluding hydrogens is 268 g/mol. The summed E-state index contributed by atoms with van der Waals surface area (Å²) >= 11 is 0. The van der Waals surface area contributed by atoms with E-state index >= 15 is 0 Å². The fourth-order valence-electron chi connectivity index (χ4n) is 2.46. The molecule has 0 bridgehead atoms. The maximum absolute atomic E-state index is 12.5. The summed E-state index contributed by atoms with van der Waals surface area (Å²) in [5.41, 5.74) is 0. The second-order valence-corrected chi connectivity index (χ2v) is 5.24. The van der Waals surface area contributed by atoms with E-state index < -0.39 is 0 Å². The van der Waals surface area contributed by atoms with Crippen molar-refractivity contribution in [1.29, 1.82) is 10.5 Å². The van der Waals surface area contributed by atoms with Crippen molar-refractivity contribution in [2.45, 2.75) is 39.0 Å². The Bertz CT molecular complexity index is 432. The highest BCUT2D eigenvalue weighted by molar-refractivity contribution is 5.89. The molecule has 0 unspecified atom stereocenters. The van der Waals surface area contributed by atoms with Gasteiger partial charge in [-0.2, -0.15) is 10.5 Å². The van der Waals surface area contributed by atoms with Gasteiger partial charge < -0.3 is 9.80 Å². The average molecular weight is 290 g/mol. The summed E-state index contributed by atoms with van der Waals surface area (Å²) in [4.78, 5) is 27.6. The van der Waals surface area contributed by atoms with Crippen LogP contribution < -0.4 is 0 Å². The first-order valence-electron chi connectivity index (χ1n) is 7.44. The number of nitrogens with zero attached hydrogens (tertiary/aromatic N) is 4. The molecule has 6 heteroatoms. The molecule has 1 heterocycles. The van der Waals surface area contributed by atoms with Gasteiger partial charge in [-0.3, -0.25) is 9.59 Å². The number of hydrogen-bond donors (Lipinski definition) is 0. The van der Waals surface area contributed by atoms with Crippen LogP contribution in [0, 0.1) is 28.6 Å². The van der Waals surface area contributed by atoms with E-state index in [4.69, 9.17) is 10.5 Å². The first-order valence-corrected chi connectivity index (χ1v) is 7.44.